The van der Waals surface area contributed by atoms with Gasteiger partial charge in [0.05, 0.1) is 11.7 Å². The van der Waals surface area contributed by atoms with Gasteiger partial charge in [-0.05, 0) is 13.3 Å². The van der Waals surface area contributed by atoms with E-state index in [9.17, 15) is 0 Å². The lowest BCUT2D eigenvalue weighted by Crippen LogP contribution is -2.35. The Morgan fingerprint density at radius 3 is 2.42 bits per heavy atom. The fourth-order valence-corrected chi connectivity index (χ4v) is 1.81. The van der Waals surface area contributed by atoms with Crippen LogP contribution < -0.4 is 5.73 Å². The Bertz CT molecular complexity index is 555. The van der Waals surface area contributed by atoms with Crippen molar-refractivity contribution in [3.63, 3.8) is 0 Å². The van der Waals surface area contributed by atoms with E-state index < -0.39 is 5.79 Å². The smallest absolute Gasteiger partial charge is 0.240 e. The Hall–Kier alpha value is -2.49. The fraction of sp³-hybridized carbons (Fsp3) is 0.462. The van der Waals surface area contributed by atoms with Gasteiger partial charge in [-0.2, -0.15) is 15.8 Å². The van der Waals surface area contributed by atoms with Gasteiger partial charge in [-0.1, -0.05) is 6.92 Å². The van der Waals surface area contributed by atoms with Crippen molar-refractivity contribution >= 4 is 0 Å². The maximum absolute atomic E-state index is 9.09. The van der Waals surface area contributed by atoms with Crippen LogP contribution in [-0.2, 0) is 9.47 Å². The van der Waals surface area contributed by atoms with Crippen molar-refractivity contribution in [1.82, 2.24) is 0 Å². The first-order valence-electron chi connectivity index (χ1n) is 5.75. The number of hydrogen-bond acceptors (Lipinski definition) is 6. The molecule has 1 aliphatic heterocycles. The number of nitrogens with two attached hydrogens (primary N) is 1. The number of rotatable bonds is 3. The lowest BCUT2D eigenvalue weighted by atomic mass is 9.96. The summed E-state index contributed by atoms with van der Waals surface area (Å²) < 4.78 is 11.1. The molecule has 0 bridgehead atoms. The van der Waals surface area contributed by atoms with Gasteiger partial charge in [-0.25, -0.2) is 0 Å². The molecule has 19 heavy (non-hydrogen) atoms. The first-order valence-corrected chi connectivity index (χ1v) is 5.75. The zero-order chi connectivity index (χ0) is 14.6. The quantitative estimate of drug-likeness (QED) is 0.768. The summed E-state index contributed by atoms with van der Waals surface area (Å²) in [6, 6.07) is 5.33. The second-order valence-electron chi connectivity index (χ2n) is 4.21. The summed E-state index contributed by atoms with van der Waals surface area (Å²) >= 11 is 0. The summed E-state index contributed by atoms with van der Waals surface area (Å²) in [6.45, 7) is 5.29. The molecule has 0 fully saturated rings. The molecule has 0 aromatic heterocycles. The van der Waals surface area contributed by atoms with Gasteiger partial charge in [0.1, 0.15) is 29.4 Å². The largest absolute Gasteiger partial charge is 0.442 e. The molecule has 0 spiro atoms. The lowest BCUT2D eigenvalue weighted by molar-refractivity contribution is -0.190. The Morgan fingerprint density at radius 1 is 1.42 bits per heavy atom. The molecule has 1 aliphatic rings. The van der Waals surface area contributed by atoms with Gasteiger partial charge in [0.2, 0.25) is 11.7 Å². The first-order chi connectivity index (χ1) is 8.93. The molecule has 0 saturated carbocycles. The van der Waals surface area contributed by atoms with E-state index in [4.69, 9.17) is 31.0 Å². The van der Waals surface area contributed by atoms with E-state index in [1.807, 2.05) is 19.9 Å². The van der Waals surface area contributed by atoms with E-state index in [-0.39, 0.29) is 28.7 Å². The van der Waals surface area contributed by atoms with Crippen LogP contribution in [0, 0.1) is 34.0 Å². The molecular formula is C13H14N4O2. The van der Waals surface area contributed by atoms with Crippen molar-refractivity contribution in [2.24, 2.45) is 5.73 Å². The summed E-state index contributed by atoms with van der Waals surface area (Å²) in [5.41, 5.74) is 5.46. The first kappa shape index (κ1) is 14.6. The predicted octanol–water partition coefficient (Wildman–Crippen LogP) is 1.59. The SMILES string of the molecule is CC[C@H](C)O[C@@]1(C)OC(N)=C(C#N)C1=C(C#N)C#N. The summed E-state index contributed by atoms with van der Waals surface area (Å²) in [4.78, 5) is 0. The maximum Gasteiger partial charge on any atom is 0.240 e. The molecule has 0 saturated heterocycles. The van der Waals surface area contributed by atoms with Gasteiger partial charge >= 0.3 is 0 Å². The molecule has 2 atom stereocenters. The molecular weight excluding hydrogens is 244 g/mol. The van der Waals surface area contributed by atoms with Crippen molar-refractivity contribution in [2.75, 3.05) is 0 Å². The molecule has 1 heterocycles. The lowest BCUT2D eigenvalue weighted by Gasteiger charge is -2.29. The van der Waals surface area contributed by atoms with Gasteiger partial charge in [0, 0.05) is 6.92 Å². The number of nitrogens with zero attached hydrogens (tertiary/aromatic N) is 3. The molecule has 0 aliphatic carbocycles. The Labute approximate surface area is 111 Å². The fourth-order valence-electron chi connectivity index (χ4n) is 1.81. The molecule has 0 unspecified atom stereocenters. The third kappa shape index (κ3) is 2.52. The van der Waals surface area contributed by atoms with Crippen molar-refractivity contribution in [1.29, 1.82) is 15.8 Å². The summed E-state index contributed by atoms with van der Waals surface area (Å²) in [5, 5.41) is 27.1. The molecule has 1 rings (SSSR count). The normalized spacial score (nSPS) is 23.1. The molecule has 0 amide bonds. The van der Waals surface area contributed by atoms with E-state index in [1.165, 1.54) is 0 Å². The van der Waals surface area contributed by atoms with E-state index in [1.54, 1.807) is 19.1 Å². The molecule has 0 aromatic carbocycles. The van der Waals surface area contributed by atoms with Crippen LogP contribution >= 0.6 is 0 Å². The molecule has 6 nitrogen and oxygen atoms in total. The highest BCUT2D eigenvalue weighted by molar-refractivity contribution is 5.59. The van der Waals surface area contributed by atoms with Crippen LogP contribution in [0.5, 0.6) is 0 Å². The van der Waals surface area contributed by atoms with E-state index in [0.29, 0.717) is 6.42 Å². The van der Waals surface area contributed by atoms with Gasteiger partial charge in [-0.3, -0.25) is 0 Å². The molecule has 6 heteroatoms. The second kappa shape index (κ2) is 5.44. The van der Waals surface area contributed by atoms with Crippen LogP contribution in [0.25, 0.3) is 0 Å². The molecule has 98 valence electrons. The number of hydrogen-bond donors (Lipinski definition) is 1. The third-order valence-electron chi connectivity index (χ3n) is 2.84. The highest BCUT2D eigenvalue weighted by Gasteiger charge is 2.46. The molecule has 2 N–H and O–H groups in total. The minimum absolute atomic E-state index is 0.0242. The van der Waals surface area contributed by atoms with E-state index in [0.717, 1.165) is 0 Å². The molecule has 0 radical (unpaired) electrons. The van der Waals surface area contributed by atoms with Crippen molar-refractivity contribution < 1.29 is 9.47 Å². The van der Waals surface area contributed by atoms with Crippen LogP contribution in [0.2, 0.25) is 0 Å². The van der Waals surface area contributed by atoms with Crippen molar-refractivity contribution in [3.05, 3.63) is 22.6 Å². The van der Waals surface area contributed by atoms with Gasteiger partial charge < -0.3 is 15.2 Å². The van der Waals surface area contributed by atoms with Crippen LogP contribution in [0.3, 0.4) is 0 Å². The van der Waals surface area contributed by atoms with Crippen LogP contribution in [0.1, 0.15) is 27.2 Å². The summed E-state index contributed by atoms with van der Waals surface area (Å²) in [7, 11) is 0. The zero-order valence-electron chi connectivity index (χ0n) is 11.0. The average Bonchev–Trinajstić information content (AvgIpc) is 2.62. The zero-order valence-corrected chi connectivity index (χ0v) is 11.0. The minimum atomic E-state index is -1.38. The number of allylic oxidation sites excluding steroid dienone is 1. The minimum Gasteiger partial charge on any atom is -0.442 e. The monoisotopic (exact) mass is 258 g/mol. The third-order valence-corrected chi connectivity index (χ3v) is 2.84. The standard InChI is InChI=1S/C13H14N4O2/c1-4-8(2)18-13(3)11(9(5-14)6-15)10(7-16)12(17)19-13/h8H,4,17H2,1-3H3/t8-,13-/m0/s1. The van der Waals surface area contributed by atoms with Crippen LogP contribution in [-0.4, -0.2) is 11.9 Å². The van der Waals surface area contributed by atoms with Gasteiger partial charge in [0.15, 0.2) is 0 Å². The number of ether oxygens (including phenoxy) is 2. The van der Waals surface area contributed by atoms with Crippen LogP contribution in [0.4, 0.5) is 0 Å². The Balaban J connectivity index is 3.40. The van der Waals surface area contributed by atoms with E-state index in [2.05, 4.69) is 0 Å². The highest BCUT2D eigenvalue weighted by Crippen LogP contribution is 2.40. The average molecular weight is 258 g/mol. The summed E-state index contributed by atoms with van der Waals surface area (Å²) in [6.07, 6.45) is 0.534. The summed E-state index contributed by atoms with van der Waals surface area (Å²) in [5.74, 6) is -1.52. The topological polar surface area (TPSA) is 116 Å². The van der Waals surface area contributed by atoms with E-state index >= 15 is 0 Å². The van der Waals surface area contributed by atoms with Gasteiger partial charge in [0.25, 0.3) is 0 Å². The number of nitriles is 3. The van der Waals surface area contributed by atoms with Gasteiger partial charge in [-0.15, -0.1) is 0 Å². The maximum atomic E-state index is 9.09. The van der Waals surface area contributed by atoms with Crippen molar-refractivity contribution in [3.8, 4) is 18.2 Å². The highest BCUT2D eigenvalue weighted by atomic mass is 16.7. The van der Waals surface area contributed by atoms with Crippen LogP contribution in [0.15, 0.2) is 22.6 Å². The predicted molar refractivity (Wildman–Crippen MR) is 65.4 cm³/mol. The molecule has 0 aromatic rings. The Morgan fingerprint density at radius 2 is 2.00 bits per heavy atom. The second-order valence-corrected chi connectivity index (χ2v) is 4.21. The van der Waals surface area contributed by atoms with Crippen molar-refractivity contribution in [2.45, 2.75) is 39.1 Å². The Kier molecular flexibility index (Phi) is 4.17.